The highest BCUT2D eigenvalue weighted by atomic mass is 16.2. The maximum Gasteiger partial charge on any atom is 0.247 e. The number of hydrogen-bond acceptors (Lipinski definition) is 2. The third-order valence-electron chi connectivity index (χ3n) is 1.66. The number of rotatable bonds is 4. The highest BCUT2D eigenvalue weighted by molar-refractivity contribution is 6.01. The van der Waals surface area contributed by atoms with Crippen LogP contribution < -0.4 is 5.32 Å². The van der Waals surface area contributed by atoms with Crippen molar-refractivity contribution < 1.29 is 9.59 Å². The fourth-order valence-electron chi connectivity index (χ4n) is 1.06. The lowest BCUT2D eigenvalue weighted by Gasteiger charge is -2.13. The molecule has 80 valence electrons. The van der Waals surface area contributed by atoms with Crippen LogP contribution in [0.1, 0.15) is 34.6 Å². The molecule has 0 aromatic rings. The lowest BCUT2D eigenvalue weighted by Crippen LogP contribution is -2.33. The molecule has 0 fully saturated rings. The molecule has 3 nitrogen and oxygen atoms in total. The zero-order chi connectivity index (χ0) is 11.3. The van der Waals surface area contributed by atoms with Gasteiger partial charge in [-0.1, -0.05) is 13.8 Å². The first-order valence-electron chi connectivity index (χ1n) is 4.87. The van der Waals surface area contributed by atoms with Crippen LogP contribution in [0.15, 0.2) is 11.6 Å². The van der Waals surface area contributed by atoms with Crippen LogP contribution in [-0.2, 0) is 9.59 Å². The number of amides is 1. The molecule has 0 unspecified atom stereocenters. The van der Waals surface area contributed by atoms with Crippen LogP contribution in [0.25, 0.3) is 0 Å². The Balaban J connectivity index is 4.67. The van der Waals surface area contributed by atoms with Gasteiger partial charge in [0.05, 0.1) is 0 Å². The van der Waals surface area contributed by atoms with E-state index < -0.39 is 0 Å². The molecular formula is C11H19NO2. The number of allylic oxidation sites excluding steroid dienone is 1. The number of carbonyl (C=O) groups is 2. The molecule has 0 saturated heterocycles. The molecule has 0 aromatic carbocycles. The molecular weight excluding hydrogens is 178 g/mol. The topological polar surface area (TPSA) is 46.2 Å². The van der Waals surface area contributed by atoms with Crippen LogP contribution >= 0.6 is 0 Å². The minimum Gasteiger partial charge on any atom is -0.350 e. The fourth-order valence-corrected chi connectivity index (χ4v) is 1.06. The van der Waals surface area contributed by atoms with E-state index in [0.717, 1.165) is 0 Å². The summed E-state index contributed by atoms with van der Waals surface area (Å²) in [5, 5.41) is 2.77. The first-order valence-corrected chi connectivity index (χ1v) is 4.87. The maximum atomic E-state index is 11.6. The average Bonchev–Trinajstić information content (AvgIpc) is 1.97. The summed E-state index contributed by atoms with van der Waals surface area (Å²) in [5.74, 6) is -0.171. The van der Waals surface area contributed by atoms with Gasteiger partial charge < -0.3 is 5.32 Å². The molecule has 1 N–H and O–H groups in total. The van der Waals surface area contributed by atoms with Crippen molar-refractivity contribution in [3.8, 4) is 0 Å². The Morgan fingerprint density at radius 3 is 1.93 bits per heavy atom. The Morgan fingerprint density at radius 1 is 1.14 bits per heavy atom. The minimum absolute atomic E-state index is 0.0673. The average molecular weight is 197 g/mol. The van der Waals surface area contributed by atoms with Crippen LogP contribution in [0, 0.1) is 5.92 Å². The van der Waals surface area contributed by atoms with Crippen molar-refractivity contribution in [1.82, 2.24) is 5.32 Å². The first kappa shape index (κ1) is 12.9. The Morgan fingerprint density at radius 2 is 1.64 bits per heavy atom. The molecule has 0 radical (unpaired) electrons. The number of hydrogen-bond donors (Lipinski definition) is 1. The lowest BCUT2D eigenvalue weighted by atomic mass is 10.0. The molecule has 14 heavy (non-hydrogen) atoms. The second kappa shape index (κ2) is 5.58. The van der Waals surface area contributed by atoms with Gasteiger partial charge in [-0.25, -0.2) is 0 Å². The smallest absolute Gasteiger partial charge is 0.247 e. The van der Waals surface area contributed by atoms with Crippen molar-refractivity contribution in [3.05, 3.63) is 11.6 Å². The van der Waals surface area contributed by atoms with Gasteiger partial charge in [0.15, 0.2) is 5.78 Å². The standard InChI is InChI=1S/C11H19NO2/c1-7(2)10(6-9(5)13)11(14)12-8(3)4/h6-8H,1-5H3,(H,12,14)/b10-6-. The SMILES string of the molecule is CC(=O)/C=C(\C(=O)NC(C)C)C(C)C. The number of ketones is 1. The predicted octanol–water partition coefficient (Wildman–Crippen LogP) is 1.68. The lowest BCUT2D eigenvalue weighted by molar-refractivity contribution is -0.119. The zero-order valence-corrected chi connectivity index (χ0v) is 9.55. The minimum atomic E-state index is -0.148. The summed E-state index contributed by atoms with van der Waals surface area (Å²) in [6.07, 6.45) is 1.41. The highest BCUT2D eigenvalue weighted by Gasteiger charge is 2.14. The van der Waals surface area contributed by atoms with Gasteiger partial charge in [-0.3, -0.25) is 9.59 Å². The van der Waals surface area contributed by atoms with Gasteiger partial charge in [-0.15, -0.1) is 0 Å². The Hall–Kier alpha value is -1.12. The molecule has 0 bridgehead atoms. The van der Waals surface area contributed by atoms with Crippen LogP contribution in [0.2, 0.25) is 0 Å². The third kappa shape index (κ3) is 4.80. The monoisotopic (exact) mass is 197 g/mol. The van der Waals surface area contributed by atoms with Gasteiger partial charge in [0.25, 0.3) is 0 Å². The van der Waals surface area contributed by atoms with Crippen molar-refractivity contribution >= 4 is 11.7 Å². The molecule has 0 saturated carbocycles. The summed E-state index contributed by atoms with van der Waals surface area (Å²) in [6.45, 7) is 9.03. The summed E-state index contributed by atoms with van der Waals surface area (Å²) in [4.78, 5) is 22.5. The second-order valence-corrected chi connectivity index (χ2v) is 3.99. The van der Waals surface area contributed by atoms with Gasteiger partial charge in [-0.05, 0) is 32.8 Å². The fraction of sp³-hybridized carbons (Fsp3) is 0.636. The summed E-state index contributed by atoms with van der Waals surface area (Å²) in [5.41, 5.74) is 0.547. The van der Waals surface area contributed by atoms with Gasteiger partial charge in [0.2, 0.25) is 5.91 Å². The quantitative estimate of drug-likeness (QED) is 0.697. The van der Waals surface area contributed by atoms with Gasteiger partial charge in [-0.2, -0.15) is 0 Å². The molecule has 0 rings (SSSR count). The molecule has 0 aromatic heterocycles. The van der Waals surface area contributed by atoms with Crippen LogP contribution in [-0.4, -0.2) is 17.7 Å². The Bertz CT molecular complexity index is 252. The highest BCUT2D eigenvalue weighted by Crippen LogP contribution is 2.09. The van der Waals surface area contributed by atoms with Crippen LogP contribution in [0.4, 0.5) is 0 Å². The first-order chi connectivity index (χ1) is 6.34. The maximum absolute atomic E-state index is 11.6. The molecule has 0 aliphatic carbocycles. The predicted molar refractivity (Wildman–Crippen MR) is 56.9 cm³/mol. The zero-order valence-electron chi connectivity index (χ0n) is 9.55. The van der Waals surface area contributed by atoms with Crippen LogP contribution in [0.5, 0.6) is 0 Å². The van der Waals surface area contributed by atoms with Crippen LogP contribution in [0.3, 0.4) is 0 Å². The van der Waals surface area contributed by atoms with Crippen molar-refractivity contribution in [2.45, 2.75) is 40.7 Å². The van der Waals surface area contributed by atoms with E-state index >= 15 is 0 Å². The Labute approximate surface area is 85.6 Å². The summed E-state index contributed by atoms with van der Waals surface area (Å²) in [7, 11) is 0. The molecule has 1 amide bonds. The van der Waals surface area contributed by atoms with E-state index in [1.807, 2.05) is 27.7 Å². The van der Waals surface area contributed by atoms with Crippen molar-refractivity contribution in [2.24, 2.45) is 5.92 Å². The molecule has 0 atom stereocenters. The van der Waals surface area contributed by atoms with E-state index in [-0.39, 0.29) is 23.7 Å². The van der Waals surface area contributed by atoms with Gasteiger partial charge >= 0.3 is 0 Å². The number of nitrogens with one attached hydrogen (secondary N) is 1. The van der Waals surface area contributed by atoms with Gasteiger partial charge in [0.1, 0.15) is 0 Å². The number of carbonyl (C=O) groups excluding carboxylic acids is 2. The van der Waals surface area contributed by atoms with E-state index in [0.29, 0.717) is 5.57 Å². The largest absolute Gasteiger partial charge is 0.350 e. The molecule has 3 heteroatoms. The second-order valence-electron chi connectivity index (χ2n) is 3.99. The van der Waals surface area contributed by atoms with E-state index in [1.165, 1.54) is 13.0 Å². The van der Waals surface area contributed by atoms with Crippen molar-refractivity contribution in [3.63, 3.8) is 0 Å². The molecule has 0 spiro atoms. The summed E-state index contributed by atoms with van der Waals surface area (Å²) >= 11 is 0. The van der Waals surface area contributed by atoms with E-state index in [4.69, 9.17) is 0 Å². The van der Waals surface area contributed by atoms with Crippen molar-refractivity contribution in [2.75, 3.05) is 0 Å². The van der Waals surface area contributed by atoms with Gasteiger partial charge in [0, 0.05) is 11.6 Å². The molecule has 0 heterocycles. The Kier molecular flexibility index (Phi) is 5.13. The van der Waals surface area contributed by atoms with E-state index in [1.54, 1.807) is 0 Å². The normalized spacial score (nSPS) is 12.1. The summed E-state index contributed by atoms with van der Waals surface area (Å²) in [6, 6.07) is 0.0941. The van der Waals surface area contributed by atoms with E-state index in [2.05, 4.69) is 5.32 Å². The van der Waals surface area contributed by atoms with Crippen molar-refractivity contribution in [1.29, 1.82) is 0 Å². The summed E-state index contributed by atoms with van der Waals surface area (Å²) < 4.78 is 0. The third-order valence-corrected chi connectivity index (χ3v) is 1.66. The van der Waals surface area contributed by atoms with E-state index in [9.17, 15) is 9.59 Å². The molecule has 0 aliphatic heterocycles. The molecule has 0 aliphatic rings.